The van der Waals surface area contributed by atoms with Crippen LogP contribution in [0.3, 0.4) is 0 Å². The standard InChI is InChI=1S/C8H10F2N2O/c1-13-6-2-5(3-12-4-6)7(11)8(9)10/h2-4,7-8H,11H2,1H3. The summed E-state index contributed by atoms with van der Waals surface area (Å²) in [5.74, 6) is 0.425. The zero-order valence-corrected chi connectivity index (χ0v) is 7.08. The number of aromatic nitrogens is 1. The van der Waals surface area contributed by atoms with Gasteiger partial charge in [-0.3, -0.25) is 4.98 Å². The first-order valence-electron chi connectivity index (χ1n) is 3.68. The van der Waals surface area contributed by atoms with E-state index in [-0.39, 0.29) is 5.56 Å². The van der Waals surface area contributed by atoms with Gasteiger partial charge < -0.3 is 10.5 Å². The number of nitrogens with zero attached hydrogens (tertiary/aromatic N) is 1. The van der Waals surface area contributed by atoms with Gasteiger partial charge in [0.05, 0.1) is 19.3 Å². The molecule has 0 spiro atoms. The first-order chi connectivity index (χ1) is 6.15. The van der Waals surface area contributed by atoms with Crippen LogP contribution in [0.2, 0.25) is 0 Å². The van der Waals surface area contributed by atoms with Gasteiger partial charge in [0.25, 0.3) is 6.43 Å². The van der Waals surface area contributed by atoms with Gasteiger partial charge in [-0.15, -0.1) is 0 Å². The molecule has 13 heavy (non-hydrogen) atoms. The van der Waals surface area contributed by atoms with E-state index in [1.54, 1.807) is 0 Å². The summed E-state index contributed by atoms with van der Waals surface area (Å²) < 4.78 is 29.1. The van der Waals surface area contributed by atoms with Crippen molar-refractivity contribution in [2.75, 3.05) is 7.11 Å². The topological polar surface area (TPSA) is 48.1 Å². The Morgan fingerprint density at radius 2 is 2.15 bits per heavy atom. The average molecular weight is 188 g/mol. The summed E-state index contributed by atoms with van der Waals surface area (Å²) in [4.78, 5) is 3.72. The third-order valence-electron chi connectivity index (χ3n) is 1.63. The Bertz CT molecular complexity index is 281. The minimum absolute atomic E-state index is 0.273. The quantitative estimate of drug-likeness (QED) is 0.778. The van der Waals surface area contributed by atoms with Crippen molar-refractivity contribution < 1.29 is 13.5 Å². The monoisotopic (exact) mass is 188 g/mol. The van der Waals surface area contributed by atoms with Gasteiger partial charge in [0.1, 0.15) is 5.75 Å². The normalized spacial score (nSPS) is 13.0. The SMILES string of the molecule is COc1cncc(C(N)C(F)F)c1. The highest BCUT2D eigenvalue weighted by Crippen LogP contribution is 2.20. The third-order valence-corrected chi connectivity index (χ3v) is 1.63. The van der Waals surface area contributed by atoms with Gasteiger partial charge in [-0.2, -0.15) is 0 Å². The van der Waals surface area contributed by atoms with Crippen molar-refractivity contribution in [3.63, 3.8) is 0 Å². The lowest BCUT2D eigenvalue weighted by molar-refractivity contribution is 0.116. The first-order valence-corrected chi connectivity index (χ1v) is 3.68. The molecular weight excluding hydrogens is 178 g/mol. The molecule has 1 aromatic heterocycles. The number of alkyl halides is 2. The van der Waals surface area contributed by atoms with Gasteiger partial charge in [-0.25, -0.2) is 8.78 Å². The summed E-state index contributed by atoms with van der Waals surface area (Å²) in [5, 5.41) is 0. The molecule has 72 valence electrons. The van der Waals surface area contributed by atoms with Gasteiger partial charge in [0, 0.05) is 6.20 Å². The summed E-state index contributed by atoms with van der Waals surface area (Å²) >= 11 is 0. The van der Waals surface area contributed by atoms with Crippen molar-refractivity contribution in [2.24, 2.45) is 5.73 Å². The van der Waals surface area contributed by atoms with Crippen LogP contribution in [0.4, 0.5) is 8.78 Å². The Hall–Kier alpha value is -1.23. The Morgan fingerprint density at radius 1 is 1.46 bits per heavy atom. The first kappa shape index (κ1) is 9.85. The van der Waals surface area contributed by atoms with Crippen LogP contribution in [0.25, 0.3) is 0 Å². The second-order valence-electron chi connectivity index (χ2n) is 2.52. The fourth-order valence-corrected chi connectivity index (χ4v) is 0.875. The molecule has 0 aliphatic carbocycles. The smallest absolute Gasteiger partial charge is 0.257 e. The minimum Gasteiger partial charge on any atom is -0.495 e. The van der Waals surface area contributed by atoms with Crippen molar-refractivity contribution in [3.05, 3.63) is 24.0 Å². The van der Waals surface area contributed by atoms with Gasteiger partial charge in [0.15, 0.2) is 0 Å². The van der Waals surface area contributed by atoms with Crippen LogP contribution in [-0.4, -0.2) is 18.5 Å². The van der Waals surface area contributed by atoms with Gasteiger partial charge in [-0.05, 0) is 11.6 Å². The lowest BCUT2D eigenvalue weighted by Gasteiger charge is -2.10. The highest BCUT2D eigenvalue weighted by molar-refractivity contribution is 5.25. The Morgan fingerprint density at radius 3 is 2.69 bits per heavy atom. The van der Waals surface area contributed by atoms with Crippen molar-refractivity contribution >= 4 is 0 Å². The summed E-state index contributed by atoms with van der Waals surface area (Å²) in [6.45, 7) is 0. The van der Waals surface area contributed by atoms with Crippen LogP contribution in [0.15, 0.2) is 18.5 Å². The summed E-state index contributed by atoms with van der Waals surface area (Å²) in [5.41, 5.74) is 5.49. The number of ether oxygens (including phenoxy) is 1. The summed E-state index contributed by atoms with van der Waals surface area (Å²) in [6.07, 6.45) is 0.148. The molecule has 3 nitrogen and oxygen atoms in total. The summed E-state index contributed by atoms with van der Waals surface area (Å²) in [6, 6.07) is 0.145. The zero-order valence-electron chi connectivity index (χ0n) is 7.08. The van der Waals surface area contributed by atoms with E-state index in [1.807, 2.05) is 0 Å². The molecule has 1 unspecified atom stereocenters. The maximum Gasteiger partial charge on any atom is 0.257 e. The molecule has 0 amide bonds. The predicted molar refractivity (Wildman–Crippen MR) is 43.7 cm³/mol. The average Bonchev–Trinajstić information content (AvgIpc) is 2.16. The molecule has 0 aliphatic rings. The molecule has 0 aliphatic heterocycles. The van der Waals surface area contributed by atoms with E-state index < -0.39 is 12.5 Å². The summed E-state index contributed by atoms with van der Waals surface area (Å²) in [7, 11) is 1.44. The van der Waals surface area contributed by atoms with Crippen molar-refractivity contribution in [1.29, 1.82) is 0 Å². The third kappa shape index (κ3) is 2.35. The van der Waals surface area contributed by atoms with E-state index in [0.29, 0.717) is 5.75 Å². The molecule has 0 aromatic carbocycles. The van der Waals surface area contributed by atoms with Crippen LogP contribution >= 0.6 is 0 Å². The number of hydrogen-bond acceptors (Lipinski definition) is 3. The largest absolute Gasteiger partial charge is 0.495 e. The highest BCUT2D eigenvalue weighted by atomic mass is 19.3. The molecule has 0 radical (unpaired) electrons. The second kappa shape index (κ2) is 4.13. The highest BCUT2D eigenvalue weighted by Gasteiger charge is 2.17. The molecule has 0 fully saturated rings. The second-order valence-corrected chi connectivity index (χ2v) is 2.52. The molecule has 0 saturated carbocycles. The van der Waals surface area contributed by atoms with Crippen LogP contribution < -0.4 is 10.5 Å². The van der Waals surface area contributed by atoms with Gasteiger partial charge in [-0.1, -0.05) is 0 Å². The van der Waals surface area contributed by atoms with Crippen molar-refractivity contribution in [2.45, 2.75) is 12.5 Å². The van der Waals surface area contributed by atoms with Crippen LogP contribution in [0, 0.1) is 0 Å². The van der Waals surface area contributed by atoms with E-state index in [9.17, 15) is 8.78 Å². The van der Waals surface area contributed by atoms with E-state index in [0.717, 1.165) is 0 Å². The maximum absolute atomic E-state index is 12.2. The molecular formula is C8H10F2N2O. The number of halogens is 2. The molecule has 1 heterocycles. The number of nitrogens with two attached hydrogens (primary N) is 1. The Labute approximate surface area is 74.5 Å². The lowest BCUT2D eigenvalue weighted by Crippen LogP contribution is -2.19. The van der Waals surface area contributed by atoms with Gasteiger partial charge >= 0.3 is 0 Å². The van der Waals surface area contributed by atoms with E-state index in [4.69, 9.17) is 10.5 Å². The number of pyridine rings is 1. The van der Waals surface area contributed by atoms with E-state index in [2.05, 4.69) is 4.98 Å². The number of methoxy groups -OCH3 is 1. The molecule has 1 rings (SSSR count). The lowest BCUT2D eigenvalue weighted by atomic mass is 10.1. The maximum atomic E-state index is 12.2. The molecule has 2 N–H and O–H groups in total. The van der Waals surface area contributed by atoms with Crippen LogP contribution in [0.5, 0.6) is 5.75 Å². The van der Waals surface area contributed by atoms with Crippen LogP contribution in [-0.2, 0) is 0 Å². The predicted octanol–water partition coefficient (Wildman–Crippen LogP) is 1.36. The zero-order chi connectivity index (χ0) is 9.84. The van der Waals surface area contributed by atoms with Crippen LogP contribution in [0.1, 0.15) is 11.6 Å². The molecule has 5 heteroatoms. The van der Waals surface area contributed by atoms with E-state index in [1.165, 1.54) is 25.6 Å². The van der Waals surface area contributed by atoms with E-state index >= 15 is 0 Å². The molecule has 1 atom stereocenters. The van der Waals surface area contributed by atoms with Crippen molar-refractivity contribution in [3.8, 4) is 5.75 Å². The van der Waals surface area contributed by atoms with Gasteiger partial charge in [0.2, 0.25) is 0 Å². The van der Waals surface area contributed by atoms with Crippen molar-refractivity contribution in [1.82, 2.24) is 4.98 Å². The minimum atomic E-state index is -2.59. The number of rotatable bonds is 3. The molecule has 1 aromatic rings. The Balaban J connectivity index is 2.88. The molecule has 0 bridgehead atoms. The number of hydrogen-bond donors (Lipinski definition) is 1. The Kier molecular flexibility index (Phi) is 3.13. The fourth-order valence-electron chi connectivity index (χ4n) is 0.875. The fraction of sp³-hybridized carbons (Fsp3) is 0.375. The molecule has 0 saturated heterocycles.